The first-order valence-electron chi connectivity index (χ1n) is 5.59. The fraction of sp³-hybridized carbons (Fsp3) is 0.500. The highest BCUT2D eigenvalue weighted by atomic mass is 19.1. The quantitative estimate of drug-likeness (QED) is 0.749. The van der Waals surface area contributed by atoms with Gasteiger partial charge in [-0.25, -0.2) is 8.78 Å². The molecule has 0 aliphatic carbocycles. The second-order valence-corrected chi connectivity index (χ2v) is 3.35. The molecule has 1 N–H and O–H groups in total. The Morgan fingerprint density at radius 3 is 2.35 bits per heavy atom. The lowest BCUT2D eigenvalue weighted by Crippen LogP contribution is -2.26. The molecule has 96 valence electrons. The van der Waals surface area contributed by atoms with Gasteiger partial charge in [-0.05, 0) is 26.0 Å². The molecule has 0 radical (unpaired) electrons. The number of ether oxygens (including phenoxy) is 2. The van der Waals surface area contributed by atoms with E-state index < -0.39 is 17.9 Å². The Morgan fingerprint density at radius 2 is 1.82 bits per heavy atom. The third-order valence-corrected chi connectivity index (χ3v) is 2.10. The van der Waals surface area contributed by atoms with Gasteiger partial charge in [0.1, 0.15) is 11.6 Å². The summed E-state index contributed by atoms with van der Waals surface area (Å²) in [5.41, 5.74) is 0.232. The van der Waals surface area contributed by atoms with Crippen LogP contribution in [0.25, 0.3) is 0 Å². The molecule has 1 aromatic rings. The van der Waals surface area contributed by atoms with Gasteiger partial charge in [-0.15, -0.1) is 0 Å². The molecule has 0 bridgehead atoms. The van der Waals surface area contributed by atoms with E-state index in [9.17, 15) is 8.78 Å². The summed E-state index contributed by atoms with van der Waals surface area (Å²) < 4.78 is 36.5. The summed E-state index contributed by atoms with van der Waals surface area (Å²) in [7, 11) is 0. The Bertz CT molecular complexity index is 341. The van der Waals surface area contributed by atoms with E-state index in [2.05, 4.69) is 5.32 Å². The van der Waals surface area contributed by atoms with E-state index in [0.717, 1.165) is 6.07 Å². The van der Waals surface area contributed by atoms with Gasteiger partial charge >= 0.3 is 0 Å². The van der Waals surface area contributed by atoms with E-state index >= 15 is 0 Å². The zero-order chi connectivity index (χ0) is 12.7. The Labute approximate surface area is 99.7 Å². The van der Waals surface area contributed by atoms with Crippen molar-refractivity contribution < 1.29 is 18.3 Å². The number of halogens is 2. The van der Waals surface area contributed by atoms with Gasteiger partial charge in [0.05, 0.1) is 12.2 Å². The van der Waals surface area contributed by atoms with Gasteiger partial charge in [0.2, 0.25) is 0 Å². The van der Waals surface area contributed by atoms with Crippen LogP contribution in [0, 0.1) is 11.6 Å². The van der Waals surface area contributed by atoms with Gasteiger partial charge < -0.3 is 14.8 Å². The van der Waals surface area contributed by atoms with Crippen molar-refractivity contribution in [3.05, 3.63) is 29.8 Å². The molecule has 0 fully saturated rings. The van der Waals surface area contributed by atoms with Crippen LogP contribution in [0.15, 0.2) is 18.2 Å². The molecule has 3 nitrogen and oxygen atoms in total. The topological polar surface area (TPSA) is 30.5 Å². The van der Waals surface area contributed by atoms with E-state index in [4.69, 9.17) is 9.47 Å². The maximum Gasteiger partial charge on any atom is 0.174 e. The highest BCUT2D eigenvalue weighted by Gasteiger charge is 2.09. The molecule has 0 atom stereocenters. The SMILES string of the molecule is CCOC(CNc1ccc(F)cc1F)OCC. The molecule has 0 aliphatic rings. The highest BCUT2D eigenvalue weighted by Crippen LogP contribution is 2.15. The predicted molar refractivity (Wildman–Crippen MR) is 61.9 cm³/mol. The summed E-state index contributed by atoms with van der Waals surface area (Å²) in [5.74, 6) is -1.23. The van der Waals surface area contributed by atoms with E-state index in [1.807, 2.05) is 13.8 Å². The van der Waals surface area contributed by atoms with Gasteiger partial charge in [-0.2, -0.15) is 0 Å². The first-order valence-corrected chi connectivity index (χ1v) is 5.59. The van der Waals surface area contributed by atoms with Crippen LogP contribution in [0.3, 0.4) is 0 Å². The van der Waals surface area contributed by atoms with E-state index in [-0.39, 0.29) is 5.69 Å². The molecule has 1 rings (SSSR count). The second-order valence-electron chi connectivity index (χ2n) is 3.35. The number of rotatable bonds is 7. The average molecular weight is 245 g/mol. The molecular formula is C12H17F2NO2. The molecule has 0 aromatic heterocycles. The normalized spacial score (nSPS) is 10.9. The maximum atomic E-state index is 13.3. The van der Waals surface area contributed by atoms with Crippen LogP contribution < -0.4 is 5.32 Å². The molecular weight excluding hydrogens is 228 g/mol. The third-order valence-electron chi connectivity index (χ3n) is 2.10. The van der Waals surface area contributed by atoms with Crippen molar-refractivity contribution >= 4 is 5.69 Å². The van der Waals surface area contributed by atoms with Crippen LogP contribution >= 0.6 is 0 Å². The standard InChI is InChI=1S/C12H17F2NO2/c1-3-16-12(17-4-2)8-15-11-6-5-9(13)7-10(11)14/h5-7,12,15H,3-4,8H2,1-2H3. The lowest BCUT2D eigenvalue weighted by atomic mass is 10.3. The molecule has 0 saturated carbocycles. The Hall–Kier alpha value is -1.20. The van der Waals surface area contributed by atoms with Gasteiger partial charge in [0, 0.05) is 19.3 Å². The minimum atomic E-state index is -0.628. The van der Waals surface area contributed by atoms with Crippen LogP contribution in [-0.4, -0.2) is 26.0 Å². The van der Waals surface area contributed by atoms with Gasteiger partial charge in [0.25, 0.3) is 0 Å². The third kappa shape index (κ3) is 4.66. The fourth-order valence-electron chi connectivity index (χ4n) is 1.36. The summed E-state index contributed by atoms with van der Waals surface area (Å²) >= 11 is 0. The van der Waals surface area contributed by atoms with Gasteiger partial charge in [-0.1, -0.05) is 0 Å². The molecule has 5 heteroatoms. The van der Waals surface area contributed by atoms with Crippen LogP contribution in [0.5, 0.6) is 0 Å². The zero-order valence-corrected chi connectivity index (χ0v) is 10.0. The van der Waals surface area contributed by atoms with Crippen molar-refractivity contribution in [1.82, 2.24) is 0 Å². The van der Waals surface area contributed by atoms with Crippen LogP contribution in [0.4, 0.5) is 14.5 Å². The van der Waals surface area contributed by atoms with Crippen molar-refractivity contribution in [2.24, 2.45) is 0 Å². The minimum absolute atomic E-state index is 0.232. The van der Waals surface area contributed by atoms with Crippen LogP contribution in [0.2, 0.25) is 0 Å². The summed E-state index contributed by atoms with van der Waals surface area (Å²) in [6, 6.07) is 3.38. The minimum Gasteiger partial charge on any atom is -0.378 e. The van der Waals surface area contributed by atoms with Gasteiger partial charge in [-0.3, -0.25) is 0 Å². The molecule has 0 aliphatic heterocycles. The molecule has 0 spiro atoms. The average Bonchev–Trinajstić information content (AvgIpc) is 2.28. The van der Waals surface area contributed by atoms with E-state index in [1.165, 1.54) is 12.1 Å². The second kappa shape index (κ2) is 7.19. The highest BCUT2D eigenvalue weighted by molar-refractivity contribution is 5.44. The van der Waals surface area contributed by atoms with Crippen LogP contribution in [-0.2, 0) is 9.47 Å². The Balaban J connectivity index is 2.52. The molecule has 1 aromatic carbocycles. The molecule has 0 unspecified atom stereocenters. The fourth-order valence-corrected chi connectivity index (χ4v) is 1.36. The monoisotopic (exact) mass is 245 g/mol. The summed E-state index contributed by atoms with van der Waals surface area (Å²) in [6.45, 7) is 5.04. The molecule has 0 saturated heterocycles. The first kappa shape index (κ1) is 13.9. The van der Waals surface area contributed by atoms with Gasteiger partial charge in [0.15, 0.2) is 6.29 Å². The largest absolute Gasteiger partial charge is 0.378 e. The Kier molecular flexibility index (Phi) is 5.86. The van der Waals surface area contributed by atoms with Crippen molar-refractivity contribution in [3.8, 4) is 0 Å². The Morgan fingerprint density at radius 1 is 1.18 bits per heavy atom. The zero-order valence-electron chi connectivity index (χ0n) is 10.0. The summed E-state index contributed by atoms with van der Waals surface area (Å²) in [6.07, 6.45) is -0.436. The predicted octanol–water partition coefficient (Wildman–Crippen LogP) is 2.78. The first-order chi connectivity index (χ1) is 8.17. The van der Waals surface area contributed by atoms with Crippen molar-refractivity contribution in [3.63, 3.8) is 0 Å². The number of hydrogen-bond donors (Lipinski definition) is 1. The van der Waals surface area contributed by atoms with E-state index in [0.29, 0.717) is 19.8 Å². The summed E-state index contributed by atoms with van der Waals surface area (Å²) in [5, 5.41) is 2.82. The molecule has 0 amide bonds. The molecule has 0 heterocycles. The lowest BCUT2D eigenvalue weighted by Gasteiger charge is -2.18. The van der Waals surface area contributed by atoms with Crippen molar-refractivity contribution in [2.45, 2.75) is 20.1 Å². The summed E-state index contributed by atoms with van der Waals surface area (Å²) in [4.78, 5) is 0. The van der Waals surface area contributed by atoms with Crippen LogP contribution in [0.1, 0.15) is 13.8 Å². The van der Waals surface area contributed by atoms with Crippen molar-refractivity contribution in [2.75, 3.05) is 25.1 Å². The lowest BCUT2D eigenvalue weighted by molar-refractivity contribution is -0.126. The maximum absolute atomic E-state index is 13.3. The van der Waals surface area contributed by atoms with Crippen molar-refractivity contribution in [1.29, 1.82) is 0 Å². The number of nitrogens with one attached hydrogen (secondary N) is 1. The van der Waals surface area contributed by atoms with E-state index in [1.54, 1.807) is 0 Å². The molecule has 17 heavy (non-hydrogen) atoms. The smallest absolute Gasteiger partial charge is 0.174 e. The number of benzene rings is 1. The number of anilines is 1. The number of hydrogen-bond acceptors (Lipinski definition) is 3.